The predicted molar refractivity (Wildman–Crippen MR) is 122 cm³/mol. The van der Waals surface area contributed by atoms with Crippen LogP contribution in [0.4, 0.5) is 29.3 Å². The van der Waals surface area contributed by atoms with E-state index >= 15 is 0 Å². The molecule has 0 bridgehead atoms. The van der Waals surface area contributed by atoms with Crippen molar-refractivity contribution >= 4 is 46.6 Å². The molecule has 3 N–H and O–H groups in total. The van der Waals surface area contributed by atoms with Gasteiger partial charge in [-0.05, 0) is 50.5 Å². The number of nitrogens with zero attached hydrogens (tertiary/aromatic N) is 1. The zero-order valence-electron chi connectivity index (χ0n) is 18.3. The Morgan fingerprint density at radius 1 is 1.15 bits per heavy atom. The van der Waals surface area contributed by atoms with Crippen LogP contribution in [0.1, 0.15) is 53.8 Å². The van der Waals surface area contributed by atoms with Gasteiger partial charge in [0, 0.05) is 29.4 Å². The largest absolute Gasteiger partial charge is 0.420 e. The molecule has 3 heterocycles. The summed E-state index contributed by atoms with van der Waals surface area (Å²) in [6, 6.07) is 2.65. The number of likely N-dealkylation sites (tertiary alicyclic amines) is 1. The van der Waals surface area contributed by atoms with Crippen LogP contribution in [-0.2, 0) is 11.0 Å². The summed E-state index contributed by atoms with van der Waals surface area (Å²) in [5.74, 6) is -0.522. The average Bonchev–Trinajstić information content (AvgIpc) is 3.05. The third kappa shape index (κ3) is 4.59. The average molecular weight is 481 g/mol. The molecule has 2 aromatic rings. The number of fused-ring (bicyclic) bond motifs is 1. The second kappa shape index (κ2) is 8.78. The zero-order chi connectivity index (χ0) is 23.9. The fraction of sp³-hybridized carbons (Fsp3) is 0.391. The molecule has 0 aliphatic carbocycles. The minimum absolute atomic E-state index is 0.0627. The number of aromatic amines is 1. The van der Waals surface area contributed by atoms with Crippen molar-refractivity contribution in [3.8, 4) is 0 Å². The highest BCUT2D eigenvalue weighted by atomic mass is 35.5. The zero-order valence-corrected chi connectivity index (χ0v) is 19.0. The lowest BCUT2D eigenvalue weighted by molar-refractivity contribution is -0.137. The number of aryl methyl sites for hydroxylation is 2. The van der Waals surface area contributed by atoms with E-state index < -0.39 is 23.7 Å². The van der Waals surface area contributed by atoms with E-state index in [9.17, 15) is 22.8 Å². The molecule has 0 saturated carbocycles. The van der Waals surface area contributed by atoms with Crippen LogP contribution < -0.4 is 10.6 Å². The van der Waals surface area contributed by atoms with Gasteiger partial charge in [-0.15, -0.1) is 0 Å². The molecule has 3 amide bonds. The predicted octanol–water partition coefficient (Wildman–Crippen LogP) is 6.20. The number of alkyl halides is 3. The Labute approximate surface area is 194 Å². The number of urea groups is 1. The molecule has 0 atom stereocenters. The first-order valence-electron chi connectivity index (χ1n) is 10.8. The molecule has 0 radical (unpaired) electrons. The van der Waals surface area contributed by atoms with Crippen molar-refractivity contribution in [1.29, 1.82) is 0 Å². The monoisotopic (exact) mass is 480 g/mol. The number of hydrogen-bond donors (Lipinski definition) is 3. The molecule has 0 unspecified atom stereocenters. The van der Waals surface area contributed by atoms with Crippen molar-refractivity contribution in [3.05, 3.63) is 45.2 Å². The fourth-order valence-electron chi connectivity index (χ4n) is 4.38. The molecule has 1 aromatic carbocycles. The van der Waals surface area contributed by atoms with Crippen LogP contribution in [0.15, 0.2) is 12.1 Å². The summed E-state index contributed by atoms with van der Waals surface area (Å²) < 4.78 is 42.4. The standard InChI is InChI=1S/C23H24ClF3N4O2/c1-12-9-14(24)10-15-16(21(32)29-19(12)15)11-17-18(23(25,26)27)20(13(2)28-17)30-22(33)31-7-5-3-4-6-8-31/h9-11,28H,3-8H2,1-2H3,(H,29,32)(H,30,33)/b16-11-. The van der Waals surface area contributed by atoms with E-state index in [0.717, 1.165) is 31.8 Å². The number of anilines is 2. The summed E-state index contributed by atoms with van der Waals surface area (Å²) in [5, 5.41) is 5.52. The van der Waals surface area contributed by atoms with Crippen LogP contribution in [0, 0.1) is 13.8 Å². The Morgan fingerprint density at radius 3 is 2.45 bits per heavy atom. The molecule has 2 aliphatic rings. The van der Waals surface area contributed by atoms with Gasteiger partial charge < -0.3 is 20.5 Å². The SMILES string of the molecule is Cc1cc(Cl)cc2c1NC(=O)/C2=C\c1[nH]c(C)c(NC(=O)N2CCCCCC2)c1C(F)(F)F. The van der Waals surface area contributed by atoms with E-state index in [0.29, 0.717) is 34.9 Å². The van der Waals surface area contributed by atoms with Crippen molar-refractivity contribution < 1.29 is 22.8 Å². The van der Waals surface area contributed by atoms with Gasteiger partial charge in [-0.2, -0.15) is 13.2 Å². The van der Waals surface area contributed by atoms with E-state index in [1.54, 1.807) is 24.0 Å². The van der Waals surface area contributed by atoms with Crippen molar-refractivity contribution in [2.45, 2.75) is 45.7 Å². The number of hydrogen-bond acceptors (Lipinski definition) is 2. The van der Waals surface area contributed by atoms with Gasteiger partial charge in [0.15, 0.2) is 0 Å². The van der Waals surface area contributed by atoms with Crippen molar-refractivity contribution in [2.24, 2.45) is 0 Å². The van der Waals surface area contributed by atoms with Gasteiger partial charge in [-0.25, -0.2) is 4.79 Å². The summed E-state index contributed by atoms with van der Waals surface area (Å²) >= 11 is 6.11. The van der Waals surface area contributed by atoms with Gasteiger partial charge in [-0.1, -0.05) is 24.4 Å². The number of benzene rings is 1. The summed E-state index contributed by atoms with van der Waals surface area (Å²) in [4.78, 5) is 29.6. The Bertz CT molecular complexity index is 1150. The molecular weight excluding hydrogens is 457 g/mol. The van der Waals surface area contributed by atoms with Crippen LogP contribution in [-0.4, -0.2) is 34.9 Å². The number of carbonyl (C=O) groups excluding carboxylic acids is 2. The van der Waals surface area contributed by atoms with Crippen LogP contribution in [0.3, 0.4) is 0 Å². The van der Waals surface area contributed by atoms with Crippen LogP contribution >= 0.6 is 11.6 Å². The highest BCUT2D eigenvalue weighted by Crippen LogP contribution is 2.43. The molecule has 1 aromatic heterocycles. The van der Waals surface area contributed by atoms with E-state index in [2.05, 4.69) is 15.6 Å². The van der Waals surface area contributed by atoms with Gasteiger partial charge in [0.2, 0.25) is 0 Å². The maximum atomic E-state index is 14.1. The maximum absolute atomic E-state index is 14.1. The number of H-pyrrole nitrogens is 1. The van der Waals surface area contributed by atoms with E-state index in [1.807, 2.05) is 0 Å². The Hall–Kier alpha value is -2.94. The Kier molecular flexibility index (Phi) is 6.18. The topological polar surface area (TPSA) is 77.2 Å². The lowest BCUT2D eigenvalue weighted by Gasteiger charge is -2.21. The summed E-state index contributed by atoms with van der Waals surface area (Å²) in [6.07, 6.45) is 0.0190. The Morgan fingerprint density at radius 2 is 1.82 bits per heavy atom. The lowest BCUT2D eigenvalue weighted by atomic mass is 10.0. The minimum Gasteiger partial charge on any atom is -0.357 e. The number of halogens is 4. The second-order valence-electron chi connectivity index (χ2n) is 8.40. The molecule has 4 rings (SSSR count). The van der Waals surface area contributed by atoms with E-state index in [-0.39, 0.29) is 22.6 Å². The van der Waals surface area contributed by atoms with Crippen molar-refractivity contribution in [2.75, 3.05) is 23.7 Å². The number of amides is 3. The van der Waals surface area contributed by atoms with Gasteiger partial charge in [-0.3, -0.25) is 4.79 Å². The van der Waals surface area contributed by atoms with Gasteiger partial charge in [0.05, 0.1) is 22.6 Å². The second-order valence-corrected chi connectivity index (χ2v) is 8.84. The number of aromatic nitrogens is 1. The number of carbonyl (C=O) groups is 2. The summed E-state index contributed by atoms with van der Waals surface area (Å²) in [7, 11) is 0. The van der Waals surface area contributed by atoms with E-state index in [4.69, 9.17) is 11.6 Å². The van der Waals surface area contributed by atoms with Crippen molar-refractivity contribution in [1.82, 2.24) is 9.88 Å². The molecular formula is C23H24ClF3N4O2. The van der Waals surface area contributed by atoms with Crippen LogP contribution in [0.2, 0.25) is 5.02 Å². The van der Waals surface area contributed by atoms with Gasteiger partial charge in [0.1, 0.15) is 5.56 Å². The molecule has 176 valence electrons. The van der Waals surface area contributed by atoms with Crippen LogP contribution in [0.25, 0.3) is 11.6 Å². The lowest BCUT2D eigenvalue weighted by Crippen LogP contribution is -2.36. The molecule has 10 heteroatoms. The quantitative estimate of drug-likeness (QED) is 0.447. The minimum atomic E-state index is -4.76. The first-order chi connectivity index (χ1) is 15.6. The molecule has 1 saturated heterocycles. The smallest absolute Gasteiger partial charge is 0.357 e. The molecule has 33 heavy (non-hydrogen) atoms. The van der Waals surface area contributed by atoms with E-state index in [1.165, 1.54) is 6.92 Å². The molecule has 6 nitrogen and oxygen atoms in total. The first kappa shape index (κ1) is 23.2. The summed E-state index contributed by atoms with van der Waals surface area (Å²) in [6.45, 7) is 4.22. The first-order valence-corrected chi connectivity index (χ1v) is 11.1. The molecule has 2 aliphatic heterocycles. The fourth-order valence-corrected chi connectivity index (χ4v) is 4.65. The number of rotatable bonds is 2. The van der Waals surface area contributed by atoms with Crippen molar-refractivity contribution in [3.63, 3.8) is 0 Å². The third-order valence-corrected chi connectivity index (χ3v) is 6.21. The van der Waals surface area contributed by atoms with Gasteiger partial charge >= 0.3 is 12.2 Å². The summed E-state index contributed by atoms with van der Waals surface area (Å²) in [5.41, 5.74) is 0.217. The molecule has 0 spiro atoms. The highest BCUT2D eigenvalue weighted by molar-refractivity contribution is 6.37. The molecule has 1 fully saturated rings. The normalized spacial score (nSPS) is 17.7. The number of nitrogens with one attached hydrogen (secondary N) is 3. The Balaban J connectivity index is 1.75. The maximum Gasteiger partial charge on any atom is 0.420 e. The van der Waals surface area contributed by atoms with Crippen LogP contribution in [0.5, 0.6) is 0 Å². The highest BCUT2D eigenvalue weighted by Gasteiger charge is 2.40. The van der Waals surface area contributed by atoms with Gasteiger partial charge in [0.25, 0.3) is 5.91 Å². The third-order valence-electron chi connectivity index (χ3n) is 5.99.